The molecule has 208 valence electrons. The molecule has 0 bridgehead atoms. The Balaban J connectivity index is 1.64. The lowest BCUT2D eigenvalue weighted by Gasteiger charge is -2.50. The predicted octanol–water partition coefficient (Wildman–Crippen LogP) is 4.44. The van der Waals surface area contributed by atoms with Crippen LogP contribution in [-0.2, 0) is 43.6 Å². The average molecular weight is 535 g/mol. The van der Waals surface area contributed by atoms with Gasteiger partial charge in [0.25, 0.3) is 0 Å². The predicted molar refractivity (Wildman–Crippen MR) is 146 cm³/mol. The fourth-order valence-corrected chi connectivity index (χ4v) is 4.72. The van der Waals surface area contributed by atoms with Gasteiger partial charge in [0, 0.05) is 5.41 Å². The smallest absolute Gasteiger partial charge is 0.203 e. The molecule has 1 fully saturated rings. The van der Waals surface area contributed by atoms with Crippen molar-refractivity contribution >= 4 is 5.78 Å². The molecule has 0 radical (unpaired) electrons. The maximum Gasteiger partial charge on any atom is 0.203 e. The molecule has 1 aliphatic heterocycles. The van der Waals surface area contributed by atoms with Crippen molar-refractivity contribution < 1.29 is 34.0 Å². The van der Waals surface area contributed by atoms with E-state index in [1.54, 1.807) is 20.8 Å². The zero-order valence-corrected chi connectivity index (χ0v) is 22.7. The SMILES string of the molecule is CC(C)(C)C(=O)[C@]1(O)[C@H](O)O[C@H](COCc2ccccc2)[C@@H](OCc2ccccc2)[C@@H]1OCc1ccccc1. The van der Waals surface area contributed by atoms with E-state index in [4.69, 9.17) is 18.9 Å². The molecule has 7 heteroatoms. The molecule has 0 unspecified atom stereocenters. The molecule has 4 rings (SSSR count). The molecular weight excluding hydrogens is 496 g/mol. The molecule has 0 saturated carbocycles. The third-order valence-corrected chi connectivity index (χ3v) is 6.78. The van der Waals surface area contributed by atoms with Gasteiger partial charge in [0.1, 0.15) is 18.3 Å². The van der Waals surface area contributed by atoms with Crippen LogP contribution in [0.5, 0.6) is 0 Å². The number of aliphatic hydroxyl groups is 2. The second-order valence-electron chi connectivity index (χ2n) is 10.9. The molecule has 0 aromatic heterocycles. The van der Waals surface area contributed by atoms with Gasteiger partial charge < -0.3 is 29.2 Å². The fourth-order valence-electron chi connectivity index (χ4n) is 4.72. The maximum absolute atomic E-state index is 13.6. The standard InChI is InChI=1S/C32H38O7/c1-31(2,3)29(33)32(35)28(38-21-25-17-11-6-12-18-25)27(37-20-24-15-9-5-10-16-24)26(39-30(32)34)22-36-19-23-13-7-4-8-14-23/h4-18,26-28,30,34-35H,19-22H2,1-3H3/t26-,27-,28+,30-,32+/m1/s1. The monoisotopic (exact) mass is 534 g/mol. The van der Waals surface area contributed by atoms with Gasteiger partial charge in [0.05, 0.1) is 26.4 Å². The third-order valence-electron chi connectivity index (χ3n) is 6.78. The highest BCUT2D eigenvalue weighted by Crippen LogP contribution is 2.39. The minimum Gasteiger partial charge on any atom is -0.375 e. The van der Waals surface area contributed by atoms with Crippen LogP contribution in [0.2, 0.25) is 0 Å². The van der Waals surface area contributed by atoms with Gasteiger partial charge in [-0.25, -0.2) is 0 Å². The molecule has 1 heterocycles. The van der Waals surface area contributed by atoms with Gasteiger partial charge in [0.2, 0.25) is 5.60 Å². The van der Waals surface area contributed by atoms with E-state index < -0.39 is 41.4 Å². The van der Waals surface area contributed by atoms with Gasteiger partial charge in [0.15, 0.2) is 12.1 Å². The quantitative estimate of drug-likeness (QED) is 0.376. The van der Waals surface area contributed by atoms with E-state index in [9.17, 15) is 15.0 Å². The highest BCUT2D eigenvalue weighted by Gasteiger charge is 2.62. The van der Waals surface area contributed by atoms with Crippen LogP contribution in [-0.4, -0.2) is 52.8 Å². The second kappa shape index (κ2) is 13.0. The summed E-state index contributed by atoms with van der Waals surface area (Å²) in [5, 5.41) is 23.0. The maximum atomic E-state index is 13.6. The van der Waals surface area contributed by atoms with Crippen molar-refractivity contribution in [2.75, 3.05) is 6.61 Å². The van der Waals surface area contributed by atoms with Gasteiger partial charge in [-0.3, -0.25) is 4.79 Å². The van der Waals surface area contributed by atoms with E-state index in [0.29, 0.717) is 6.61 Å². The van der Waals surface area contributed by atoms with E-state index in [2.05, 4.69) is 0 Å². The van der Waals surface area contributed by atoms with Crippen LogP contribution in [0, 0.1) is 5.41 Å². The Bertz CT molecular complexity index is 1160. The first kappa shape index (κ1) is 29.1. The van der Waals surface area contributed by atoms with Crippen molar-refractivity contribution in [1.82, 2.24) is 0 Å². The number of carbonyl (C=O) groups is 1. The van der Waals surface area contributed by atoms with E-state index in [1.165, 1.54) is 0 Å². The van der Waals surface area contributed by atoms with Gasteiger partial charge >= 0.3 is 0 Å². The Morgan fingerprint density at radius 3 is 1.74 bits per heavy atom. The number of carbonyl (C=O) groups excluding carboxylic acids is 1. The summed E-state index contributed by atoms with van der Waals surface area (Å²) in [7, 11) is 0. The number of rotatable bonds is 11. The van der Waals surface area contributed by atoms with Crippen molar-refractivity contribution in [2.24, 2.45) is 5.41 Å². The largest absolute Gasteiger partial charge is 0.375 e. The molecule has 3 aromatic rings. The van der Waals surface area contributed by atoms with Crippen molar-refractivity contribution in [2.45, 2.75) is 70.8 Å². The molecule has 7 nitrogen and oxygen atoms in total. The van der Waals surface area contributed by atoms with Gasteiger partial charge in [-0.15, -0.1) is 0 Å². The molecule has 0 amide bonds. The van der Waals surface area contributed by atoms with Crippen molar-refractivity contribution in [3.63, 3.8) is 0 Å². The molecule has 39 heavy (non-hydrogen) atoms. The zero-order chi connectivity index (χ0) is 27.9. The van der Waals surface area contributed by atoms with Crippen LogP contribution < -0.4 is 0 Å². The van der Waals surface area contributed by atoms with E-state index in [1.807, 2.05) is 91.0 Å². The van der Waals surface area contributed by atoms with E-state index in [0.717, 1.165) is 16.7 Å². The first-order valence-corrected chi connectivity index (χ1v) is 13.2. The summed E-state index contributed by atoms with van der Waals surface area (Å²) in [5.74, 6) is -0.600. The Kier molecular flexibility index (Phi) is 9.67. The van der Waals surface area contributed by atoms with Crippen LogP contribution in [0.25, 0.3) is 0 Å². The highest BCUT2D eigenvalue weighted by molar-refractivity contribution is 5.93. The number of hydrogen-bond acceptors (Lipinski definition) is 7. The zero-order valence-electron chi connectivity index (χ0n) is 22.7. The number of hydrogen-bond donors (Lipinski definition) is 2. The van der Waals surface area contributed by atoms with Crippen LogP contribution in [0.4, 0.5) is 0 Å². The number of benzene rings is 3. The van der Waals surface area contributed by atoms with Crippen molar-refractivity contribution in [1.29, 1.82) is 0 Å². The first-order chi connectivity index (χ1) is 18.7. The number of aliphatic hydroxyl groups excluding tert-OH is 1. The van der Waals surface area contributed by atoms with Gasteiger partial charge in [-0.1, -0.05) is 112 Å². The molecule has 0 aliphatic carbocycles. The summed E-state index contributed by atoms with van der Waals surface area (Å²) in [6.45, 7) is 5.71. The summed E-state index contributed by atoms with van der Waals surface area (Å²) in [5.41, 5.74) is -0.632. The number of Topliss-reactive ketones (excluding diaryl/α,β-unsaturated/α-hetero) is 1. The lowest BCUT2D eigenvalue weighted by molar-refractivity contribution is -0.336. The number of ketones is 1. The summed E-state index contributed by atoms with van der Waals surface area (Å²) >= 11 is 0. The Morgan fingerprint density at radius 1 is 0.795 bits per heavy atom. The van der Waals surface area contributed by atoms with Gasteiger partial charge in [-0.05, 0) is 16.7 Å². The van der Waals surface area contributed by atoms with Gasteiger partial charge in [-0.2, -0.15) is 0 Å². The third kappa shape index (κ3) is 7.19. The molecule has 0 spiro atoms. The van der Waals surface area contributed by atoms with Crippen LogP contribution >= 0.6 is 0 Å². The molecule has 1 aliphatic rings. The molecule has 5 atom stereocenters. The van der Waals surface area contributed by atoms with Crippen LogP contribution in [0.1, 0.15) is 37.5 Å². The minimum absolute atomic E-state index is 0.0520. The first-order valence-electron chi connectivity index (χ1n) is 13.2. The molecule has 3 aromatic carbocycles. The molecular formula is C32H38O7. The number of ether oxygens (including phenoxy) is 4. The molecule has 2 N–H and O–H groups in total. The van der Waals surface area contributed by atoms with Crippen LogP contribution in [0.3, 0.4) is 0 Å². The second-order valence-corrected chi connectivity index (χ2v) is 10.9. The van der Waals surface area contributed by atoms with Crippen molar-refractivity contribution in [3.8, 4) is 0 Å². The highest BCUT2D eigenvalue weighted by atomic mass is 16.7. The summed E-state index contributed by atoms with van der Waals surface area (Å²) in [6.07, 6.45) is -4.82. The Labute approximate surface area is 230 Å². The van der Waals surface area contributed by atoms with Crippen LogP contribution in [0.15, 0.2) is 91.0 Å². The topological polar surface area (TPSA) is 94.5 Å². The fraction of sp³-hybridized carbons (Fsp3) is 0.406. The summed E-state index contributed by atoms with van der Waals surface area (Å²) < 4.78 is 24.5. The molecule has 1 saturated heterocycles. The minimum atomic E-state index is -2.37. The van der Waals surface area contributed by atoms with E-state index >= 15 is 0 Å². The summed E-state index contributed by atoms with van der Waals surface area (Å²) in [6, 6.07) is 28.7. The normalized spacial score (nSPS) is 25.4. The lowest BCUT2D eigenvalue weighted by Crippen LogP contribution is -2.72. The Morgan fingerprint density at radius 2 is 1.26 bits per heavy atom. The lowest BCUT2D eigenvalue weighted by atomic mass is 9.73. The van der Waals surface area contributed by atoms with Crippen molar-refractivity contribution in [3.05, 3.63) is 108 Å². The Hall–Kier alpha value is -2.91. The summed E-state index contributed by atoms with van der Waals surface area (Å²) in [4.78, 5) is 13.6. The average Bonchev–Trinajstić information content (AvgIpc) is 2.94. The van der Waals surface area contributed by atoms with E-state index in [-0.39, 0.29) is 19.8 Å².